The highest BCUT2D eigenvalue weighted by molar-refractivity contribution is 5.95. The van der Waals surface area contributed by atoms with E-state index in [0.717, 1.165) is 12.1 Å². The summed E-state index contributed by atoms with van der Waals surface area (Å²) in [4.78, 5) is 22.8. The molecule has 2 amide bonds. The van der Waals surface area contributed by atoms with E-state index in [9.17, 15) is 18.4 Å². The molecule has 0 aliphatic heterocycles. The summed E-state index contributed by atoms with van der Waals surface area (Å²) in [6.45, 7) is 1.19. The standard InChI is InChI=1S/C16H15F2N3O2/c1-10(22)20-12-3-2-4-13(8-12)21-16(23)9-19-15-6-5-11(17)7-14(15)18/h2-8,19H,9H2,1H3,(H,20,22)(H,21,23). The molecule has 0 atom stereocenters. The summed E-state index contributed by atoms with van der Waals surface area (Å²) in [5.74, 6) is -2.09. The minimum Gasteiger partial charge on any atom is -0.374 e. The van der Waals surface area contributed by atoms with E-state index in [2.05, 4.69) is 16.0 Å². The molecule has 2 rings (SSSR count). The molecule has 0 fully saturated rings. The average Bonchev–Trinajstić information content (AvgIpc) is 2.46. The molecule has 0 saturated carbocycles. The number of carbonyl (C=O) groups is 2. The van der Waals surface area contributed by atoms with Crippen molar-refractivity contribution >= 4 is 28.9 Å². The smallest absolute Gasteiger partial charge is 0.243 e. The Hall–Kier alpha value is -2.96. The first-order chi connectivity index (χ1) is 10.9. The second kappa shape index (κ2) is 7.35. The minimum absolute atomic E-state index is 0.0357. The van der Waals surface area contributed by atoms with Gasteiger partial charge >= 0.3 is 0 Å². The van der Waals surface area contributed by atoms with Crippen molar-refractivity contribution in [3.8, 4) is 0 Å². The fraction of sp³-hybridized carbons (Fsp3) is 0.125. The molecule has 0 aliphatic carbocycles. The molecular weight excluding hydrogens is 304 g/mol. The normalized spacial score (nSPS) is 10.0. The molecular formula is C16H15F2N3O2. The molecule has 0 radical (unpaired) electrons. The van der Waals surface area contributed by atoms with Crippen molar-refractivity contribution in [3.05, 3.63) is 54.1 Å². The van der Waals surface area contributed by atoms with E-state index in [1.807, 2.05) is 0 Å². The van der Waals surface area contributed by atoms with Crippen LogP contribution in [0.2, 0.25) is 0 Å². The zero-order valence-electron chi connectivity index (χ0n) is 12.3. The second-order valence-electron chi connectivity index (χ2n) is 4.79. The van der Waals surface area contributed by atoms with Gasteiger partial charge in [-0.2, -0.15) is 0 Å². The van der Waals surface area contributed by atoms with Gasteiger partial charge in [-0.15, -0.1) is 0 Å². The number of rotatable bonds is 5. The predicted molar refractivity (Wildman–Crippen MR) is 84.2 cm³/mol. The van der Waals surface area contributed by atoms with E-state index >= 15 is 0 Å². The fourth-order valence-electron chi connectivity index (χ4n) is 1.89. The Bertz CT molecular complexity index is 735. The van der Waals surface area contributed by atoms with Gasteiger partial charge in [0.1, 0.15) is 11.6 Å². The highest BCUT2D eigenvalue weighted by Crippen LogP contribution is 2.16. The van der Waals surface area contributed by atoms with Crippen LogP contribution in [0, 0.1) is 11.6 Å². The Morgan fingerprint density at radius 2 is 1.70 bits per heavy atom. The minimum atomic E-state index is -0.773. The van der Waals surface area contributed by atoms with Gasteiger partial charge < -0.3 is 16.0 Å². The lowest BCUT2D eigenvalue weighted by Crippen LogP contribution is -2.22. The van der Waals surface area contributed by atoms with Gasteiger partial charge in [0.2, 0.25) is 11.8 Å². The lowest BCUT2D eigenvalue weighted by molar-refractivity contribution is -0.115. The van der Waals surface area contributed by atoms with E-state index in [4.69, 9.17) is 0 Å². The summed E-state index contributed by atoms with van der Waals surface area (Å²) in [6.07, 6.45) is 0. The third-order valence-corrected chi connectivity index (χ3v) is 2.84. The molecule has 120 valence electrons. The number of benzene rings is 2. The highest BCUT2D eigenvalue weighted by Gasteiger charge is 2.07. The maximum absolute atomic E-state index is 13.4. The molecule has 0 heterocycles. The van der Waals surface area contributed by atoms with Crippen molar-refractivity contribution in [2.24, 2.45) is 0 Å². The van der Waals surface area contributed by atoms with Crippen LogP contribution in [0.25, 0.3) is 0 Å². The molecule has 7 heteroatoms. The molecule has 2 aromatic carbocycles. The lowest BCUT2D eigenvalue weighted by Gasteiger charge is -2.10. The highest BCUT2D eigenvalue weighted by atomic mass is 19.1. The molecule has 0 unspecified atom stereocenters. The first kappa shape index (κ1) is 16.4. The van der Waals surface area contributed by atoms with Crippen LogP contribution in [0.5, 0.6) is 0 Å². The molecule has 0 saturated heterocycles. The first-order valence-electron chi connectivity index (χ1n) is 6.80. The molecule has 0 spiro atoms. The number of nitrogens with one attached hydrogen (secondary N) is 3. The topological polar surface area (TPSA) is 70.2 Å². The Morgan fingerprint density at radius 1 is 1.00 bits per heavy atom. The first-order valence-corrected chi connectivity index (χ1v) is 6.80. The molecule has 5 nitrogen and oxygen atoms in total. The van der Waals surface area contributed by atoms with Gasteiger partial charge in [-0.05, 0) is 30.3 Å². The van der Waals surface area contributed by atoms with Crippen LogP contribution >= 0.6 is 0 Å². The zero-order valence-corrected chi connectivity index (χ0v) is 12.3. The van der Waals surface area contributed by atoms with E-state index in [1.54, 1.807) is 24.3 Å². The largest absolute Gasteiger partial charge is 0.374 e. The predicted octanol–water partition coefficient (Wildman–Crippen LogP) is 2.97. The quantitative estimate of drug-likeness (QED) is 0.793. The summed E-state index contributed by atoms with van der Waals surface area (Å²) >= 11 is 0. The lowest BCUT2D eigenvalue weighted by atomic mass is 10.2. The number of halogens is 2. The molecule has 23 heavy (non-hydrogen) atoms. The Morgan fingerprint density at radius 3 is 2.35 bits per heavy atom. The van der Waals surface area contributed by atoms with Crippen LogP contribution in [-0.2, 0) is 9.59 Å². The molecule has 3 N–H and O–H groups in total. The fourth-order valence-corrected chi connectivity index (χ4v) is 1.89. The zero-order chi connectivity index (χ0) is 16.8. The van der Waals surface area contributed by atoms with Crippen molar-refractivity contribution < 1.29 is 18.4 Å². The second-order valence-corrected chi connectivity index (χ2v) is 4.79. The number of amides is 2. The molecule has 0 aromatic heterocycles. The van der Waals surface area contributed by atoms with Crippen LogP contribution in [0.15, 0.2) is 42.5 Å². The molecule has 2 aromatic rings. The van der Waals surface area contributed by atoms with Crippen molar-refractivity contribution in [1.82, 2.24) is 0 Å². The van der Waals surface area contributed by atoms with E-state index in [0.29, 0.717) is 11.4 Å². The van der Waals surface area contributed by atoms with E-state index in [-0.39, 0.29) is 18.1 Å². The van der Waals surface area contributed by atoms with Gasteiger partial charge in [0.25, 0.3) is 0 Å². The maximum atomic E-state index is 13.4. The summed E-state index contributed by atoms with van der Waals surface area (Å²) in [5.41, 5.74) is 1.07. The van der Waals surface area contributed by atoms with Crippen LogP contribution < -0.4 is 16.0 Å². The van der Waals surface area contributed by atoms with Crippen molar-refractivity contribution in [2.45, 2.75) is 6.92 Å². The maximum Gasteiger partial charge on any atom is 0.243 e. The number of hydrogen-bond acceptors (Lipinski definition) is 3. The van der Waals surface area contributed by atoms with Crippen LogP contribution in [0.3, 0.4) is 0 Å². The van der Waals surface area contributed by atoms with E-state index < -0.39 is 17.5 Å². The van der Waals surface area contributed by atoms with Crippen molar-refractivity contribution in [3.63, 3.8) is 0 Å². The Labute approximate surface area is 131 Å². The van der Waals surface area contributed by atoms with Gasteiger partial charge in [-0.1, -0.05) is 6.07 Å². The summed E-state index contributed by atoms with van der Waals surface area (Å²) < 4.78 is 26.2. The average molecular weight is 319 g/mol. The van der Waals surface area contributed by atoms with Crippen LogP contribution in [-0.4, -0.2) is 18.4 Å². The Kier molecular flexibility index (Phi) is 5.24. The molecule has 0 aliphatic rings. The van der Waals surface area contributed by atoms with Gasteiger partial charge in [0, 0.05) is 24.4 Å². The summed E-state index contributed by atoms with van der Waals surface area (Å²) in [6, 6.07) is 9.66. The monoisotopic (exact) mass is 319 g/mol. The summed E-state index contributed by atoms with van der Waals surface area (Å²) in [7, 11) is 0. The SMILES string of the molecule is CC(=O)Nc1cccc(NC(=O)CNc2ccc(F)cc2F)c1. The van der Waals surface area contributed by atoms with Crippen LogP contribution in [0.4, 0.5) is 25.8 Å². The third-order valence-electron chi connectivity index (χ3n) is 2.84. The Balaban J connectivity index is 1.93. The number of hydrogen-bond donors (Lipinski definition) is 3. The van der Waals surface area contributed by atoms with E-state index in [1.165, 1.54) is 13.0 Å². The van der Waals surface area contributed by atoms with Gasteiger partial charge in [0.15, 0.2) is 0 Å². The van der Waals surface area contributed by atoms with Gasteiger partial charge in [0.05, 0.1) is 12.2 Å². The van der Waals surface area contributed by atoms with Crippen molar-refractivity contribution in [1.29, 1.82) is 0 Å². The van der Waals surface area contributed by atoms with Gasteiger partial charge in [-0.25, -0.2) is 8.78 Å². The third kappa shape index (κ3) is 5.06. The van der Waals surface area contributed by atoms with Crippen molar-refractivity contribution in [2.75, 3.05) is 22.5 Å². The van der Waals surface area contributed by atoms with Crippen LogP contribution in [0.1, 0.15) is 6.92 Å². The molecule has 0 bridgehead atoms. The van der Waals surface area contributed by atoms with Gasteiger partial charge in [-0.3, -0.25) is 9.59 Å². The number of anilines is 3. The number of carbonyl (C=O) groups excluding carboxylic acids is 2. The summed E-state index contributed by atoms with van der Waals surface area (Å²) in [5, 5.41) is 7.79.